The number of benzene rings is 1. The number of nitrogens with zero attached hydrogens (tertiary/aromatic N) is 2. The molecule has 122 valence electrons. The van der Waals surface area contributed by atoms with Crippen molar-refractivity contribution in [1.82, 2.24) is 14.9 Å². The smallest absolute Gasteiger partial charge is 0.267 e. The van der Waals surface area contributed by atoms with Gasteiger partial charge >= 0.3 is 0 Å². The van der Waals surface area contributed by atoms with Gasteiger partial charge in [0, 0.05) is 18.8 Å². The van der Waals surface area contributed by atoms with Crippen molar-refractivity contribution >= 4 is 23.4 Å². The molecule has 0 spiro atoms. The van der Waals surface area contributed by atoms with Gasteiger partial charge in [-0.2, -0.15) is 4.98 Å². The lowest BCUT2D eigenvalue weighted by Gasteiger charge is -2.13. The second-order valence-corrected chi connectivity index (χ2v) is 5.22. The Hall–Kier alpha value is -2.87. The first-order chi connectivity index (χ1) is 11.0. The van der Waals surface area contributed by atoms with E-state index in [9.17, 15) is 9.59 Å². The quantitative estimate of drug-likeness (QED) is 0.594. The number of carbonyl (C=O) groups is 1. The number of primary amides is 1. The third-order valence-electron chi connectivity index (χ3n) is 3.05. The molecule has 2 aromatic rings. The molecule has 8 heteroatoms. The zero-order valence-corrected chi connectivity index (χ0v) is 13.1. The number of aromatic nitrogens is 2. The van der Waals surface area contributed by atoms with Crippen molar-refractivity contribution in [1.29, 1.82) is 0 Å². The molecule has 0 saturated carbocycles. The first-order valence-electron chi connectivity index (χ1n) is 7.12. The molecular formula is C15H20N6O2. The molecule has 23 heavy (non-hydrogen) atoms. The number of hydrogen-bond acceptors (Lipinski definition) is 6. The number of amides is 1. The molecule has 2 rings (SSSR count). The molecule has 0 fully saturated rings. The summed E-state index contributed by atoms with van der Waals surface area (Å²) in [6.45, 7) is 1.36. The van der Waals surface area contributed by atoms with Crippen LogP contribution in [0.25, 0.3) is 0 Å². The number of carbonyl (C=O) groups excluding carboxylic acids is 1. The number of aromatic amines is 1. The summed E-state index contributed by atoms with van der Waals surface area (Å²) in [5, 5.41) is 5.96. The van der Waals surface area contributed by atoms with Crippen LogP contribution in [0.5, 0.6) is 0 Å². The van der Waals surface area contributed by atoms with Gasteiger partial charge in [-0.25, -0.2) is 0 Å². The van der Waals surface area contributed by atoms with Gasteiger partial charge in [-0.3, -0.25) is 14.6 Å². The van der Waals surface area contributed by atoms with Crippen molar-refractivity contribution < 1.29 is 4.79 Å². The maximum Gasteiger partial charge on any atom is 0.267 e. The van der Waals surface area contributed by atoms with E-state index in [1.54, 1.807) is 12.1 Å². The van der Waals surface area contributed by atoms with Crippen LogP contribution >= 0.6 is 0 Å². The van der Waals surface area contributed by atoms with Gasteiger partial charge in [0.15, 0.2) is 5.82 Å². The summed E-state index contributed by atoms with van der Waals surface area (Å²) in [4.78, 5) is 32.4. The van der Waals surface area contributed by atoms with Crippen LogP contribution in [-0.2, 0) is 0 Å². The van der Waals surface area contributed by atoms with E-state index in [0.717, 1.165) is 6.54 Å². The lowest BCUT2D eigenvalue weighted by atomic mass is 10.2. The predicted octanol–water partition coefficient (Wildman–Crippen LogP) is 0.586. The van der Waals surface area contributed by atoms with Crippen LogP contribution in [0.3, 0.4) is 0 Å². The Kier molecular flexibility index (Phi) is 5.32. The predicted molar refractivity (Wildman–Crippen MR) is 90.1 cm³/mol. The van der Waals surface area contributed by atoms with Gasteiger partial charge < -0.3 is 21.3 Å². The number of anilines is 3. The zero-order valence-electron chi connectivity index (χ0n) is 13.1. The number of H-pyrrole nitrogens is 1. The average molecular weight is 316 g/mol. The number of para-hydroxylation sites is 1. The molecular weight excluding hydrogens is 296 g/mol. The third-order valence-corrected chi connectivity index (χ3v) is 3.05. The molecule has 5 N–H and O–H groups in total. The number of nitrogens with two attached hydrogens (primary N) is 1. The molecule has 0 radical (unpaired) electrons. The molecule has 0 saturated heterocycles. The Labute approximate surface area is 133 Å². The highest BCUT2D eigenvalue weighted by Gasteiger charge is 2.16. The molecule has 1 amide bonds. The van der Waals surface area contributed by atoms with Crippen molar-refractivity contribution in [2.45, 2.75) is 0 Å². The Balaban J connectivity index is 2.31. The first kappa shape index (κ1) is 16.5. The van der Waals surface area contributed by atoms with Gasteiger partial charge in [0.1, 0.15) is 5.56 Å². The number of nitrogens with one attached hydrogen (secondary N) is 3. The van der Waals surface area contributed by atoms with Gasteiger partial charge in [-0.15, -0.1) is 0 Å². The molecule has 0 bridgehead atoms. The van der Waals surface area contributed by atoms with Gasteiger partial charge in [-0.05, 0) is 26.2 Å². The molecule has 0 aliphatic heterocycles. The van der Waals surface area contributed by atoms with E-state index in [1.807, 2.05) is 37.2 Å². The van der Waals surface area contributed by atoms with Gasteiger partial charge in [0.05, 0.1) is 0 Å². The Morgan fingerprint density at radius 3 is 2.61 bits per heavy atom. The highest BCUT2D eigenvalue weighted by molar-refractivity contribution is 5.98. The van der Waals surface area contributed by atoms with Crippen LogP contribution in [0.15, 0.2) is 35.1 Å². The monoisotopic (exact) mass is 316 g/mol. The number of rotatable bonds is 7. The summed E-state index contributed by atoms with van der Waals surface area (Å²) in [5.74, 6) is -0.433. The summed E-state index contributed by atoms with van der Waals surface area (Å²) in [7, 11) is 3.88. The second-order valence-electron chi connectivity index (χ2n) is 5.22. The lowest BCUT2D eigenvalue weighted by Crippen LogP contribution is -2.28. The van der Waals surface area contributed by atoms with E-state index in [4.69, 9.17) is 5.73 Å². The largest absolute Gasteiger partial charge is 0.365 e. The van der Waals surface area contributed by atoms with E-state index >= 15 is 0 Å². The fraction of sp³-hybridized carbons (Fsp3) is 0.267. The van der Waals surface area contributed by atoms with Gasteiger partial charge in [-0.1, -0.05) is 18.2 Å². The molecule has 0 atom stereocenters. The first-order valence-corrected chi connectivity index (χ1v) is 7.12. The summed E-state index contributed by atoms with van der Waals surface area (Å²) in [5.41, 5.74) is 5.21. The van der Waals surface area contributed by atoms with Crippen LogP contribution < -0.4 is 21.9 Å². The highest BCUT2D eigenvalue weighted by Crippen LogP contribution is 2.16. The summed E-state index contributed by atoms with van der Waals surface area (Å²) in [6, 6.07) is 9.12. The number of hydrogen-bond donors (Lipinski definition) is 4. The Morgan fingerprint density at radius 2 is 2.00 bits per heavy atom. The van der Waals surface area contributed by atoms with Crippen LogP contribution in [0.1, 0.15) is 10.4 Å². The average Bonchev–Trinajstić information content (AvgIpc) is 2.47. The zero-order chi connectivity index (χ0) is 16.8. The summed E-state index contributed by atoms with van der Waals surface area (Å²) < 4.78 is 0. The lowest BCUT2D eigenvalue weighted by molar-refractivity contribution is 0.0999. The van der Waals surface area contributed by atoms with Crippen molar-refractivity contribution in [3.05, 3.63) is 46.2 Å². The molecule has 8 nitrogen and oxygen atoms in total. The summed E-state index contributed by atoms with van der Waals surface area (Å²) in [6.07, 6.45) is 0. The van der Waals surface area contributed by atoms with Gasteiger partial charge in [0.25, 0.3) is 11.5 Å². The molecule has 1 aromatic heterocycles. The summed E-state index contributed by atoms with van der Waals surface area (Å²) >= 11 is 0. The standard InChI is InChI=1S/C15H20N6O2/c1-21(2)9-8-17-15-19-13(11(12(16)22)14(23)20-15)18-10-6-4-3-5-7-10/h3-7H,8-9H2,1-2H3,(H2,16,22)(H3,17,18,19,20,23). The molecule has 1 heterocycles. The number of likely N-dealkylation sites (N-methyl/N-ethyl adjacent to an activating group) is 1. The Morgan fingerprint density at radius 1 is 1.30 bits per heavy atom. The van der Waals surface area contributed by atoms with E-state index < -0.39 is 11.5 Å². The third kappa shape index (κ3) is 4.55. The van der Waals surface area contributed by atoms with E-state index in [-0.39, 0.29) is 17.3 Å². The maximum absolute atomic E-state index is 12.1. The van der Waals surface area contributed by atoms with E-state index in [1.165, 1.54) is 0 Å². The molecule has 1 aromatic carbocycles. The topological polar surface area (TPSA) is 116 Å². The van der Waals surface area contributed by atoms with Crippen molar-refractivity contribution in [3.63, 3.8) is 0 Å². The minimum atomic E-state index is -0.836. The van der Waals surface area contributed by atoms with Crippen molar-refractivity contribution in [3.8, 4) is 0 Å². The van der Waals surface area contributed by atoms with Crippen molar-refractivity contribution in [2.24, 2.45) is 5.73 Å². The van der Waals surface area contributed by atoms with E-state index in [2.05, 4.69) is 20.6 Å². The Bertz CT molecular complexity index is 726. The minimum Gasteiger partial charge on any atom is -0.365 e. The second kappa shape index (κ2) is 7.41. The minimum absolute atomic E-state index is 0.125. The van der Waals surface area contributed by atoms with Crippen molar-refractivity contribution in [2.75, 3.05) is 37.8 Å². The van der Waals surface area contributed by atoms with Crippen LogP contribution in [0.2, 0.25) is 0 Å². The molecule has 0 aliphatic carbocycles. The van der Waals surface area contributed by atoms with Crippen LogP contribution in [-0.4, -0.2) is 48.0 Å². The normalized spacial score (nSPS) is 10.6. The molecule has 0 aliphatic rings. The maximum atomic E-state index is 12.1. The van der Waals surface area contributed by atoms with Crippen LogP contribution in [0.4, 0.5) is 17.5 Å². The molecule has 0 unspecified atom stereocenters. The highest BCUT2D eigenvalue weighted by atomic mass is 16.2. The van der Waals surface area contributed by atoms with Gasteiger partial charge in [0.2, 0.25) is 5.95 Å². The fourth-order valence-electron chi connectivity index (χ4n) is 1.93. The fourth-order valence-corrected chi connectivity index (χ4v) is 1.93. The van der Waals surface area contributed by atoms with E-state index in [0.29, 0.717) is 12.2 Å². The van der Waals surface area contributed by atoms with Crippen LogP contribution in [0, 0.1) is 0 Å². The SMILES string of the molecule is CN(C)CCNc1nc(Nc2ccccc2)c(C(N)=O)c(=O)[nH]1.